The molecule has 0 aromatic rings. The molecule has 0 N–H and O–H groups in total. The zero-order valence-electron chi connectivity index (χ0n) is 11.3. The second kappa shape index (κ2) is 6.98. The van der Waals surface area contributed by atoms with Crippen LogP contribution in [0.2, 0.25) is 0 Å². The Balaban J connectivity index is 1.95. The minimum absolute atomic E-state index is 0.0139. The Hall–Kier alpha value is -0.970. The summed E-state index contributed by atoms with van der Waals surface area (Å²) in [5, 5.41) is 1.86. The van der Waals surface area contributed by atoms with Gasteiger partial charge in [0.2, 0.25) is 5.91 Å². The maximum atomic E-state index is 12.2. The van der Waals surface area contributed by atoms with E-state index in [0.29, 0.717) is 12.2 Å². The van der Waals surface area contributed by atoms with Gasteiger partial charge in [0.05, 0.1) is 5.75 Å². The van der Waals surface area contributed by atoms with Crippen LogP contribution in [-0.4, -0.2) is 34.7 Å². The Kier molecular flexibility index (Phi) is 5.31. The number of ether oxygens (including phenoxy) is 1. The fourth-order valence-corrected chi connectivity index (χ4v) is 3.17. The minimum atomic E-state index is -0.466. The smallest absolute Gasteiger partial charge is 0.329 e. The van der Waals surface area contributed by atoms with Gasteiger partial charge in [-0.2, -0.15) is 0 Å². The quantitative estimate of drug-likeness (QED) is 0.744. The van der Waals surface area contributed by atoms with E-state index < -0.39 is 6.04 Å². The summed E-state index contributed by atoms with van der Waals surface area (Å²) in [6.45, 7) is 1.91. The van der Waals surface area contributed by atoms with Gasteiger partial charge in [-0.1, -0.05) is 13.3 Å². The molecule has 1 heterocycles. The zero-order chi connectivity index (χ0) is 13.7. The Morgan fingerprint density at radius 3 is 2.84 bits per heavy atom. The third-order valence-electron chi connectivity index (χ3n) is 3.64. The average Bonchev–Trinajstić information content (AvgIpc) is 2.43. The van der Waals surface area contributed by atoms with Crippen molar-refractivity contribution in [1.29, 1.82) is 0 Å². The molecular weight excluding hydrogens is 262 g/mol. The van der Waals surface area contributed by atoms with Crippen molar-refractivity contribution in [2.75, 3.05) is 5.75 Å². The maximum Gasteiger partial charge on any atom is 0.329 e. The summed E-state index contributed by atoms with van der Waals surface area (Å²) in [4.78, 5) is 25.6. The molecular formula is C14H21NO3S. The van der Waals surface area contributed by atoms with Gasteiger partial charge in [0.1, 0.15) is 12.1 Å². The lowest BCUT2D eigenvalue weighted by molar-refractivity contribution is -0.158. The SMILES string of the molecule is CCC(C(=O)OC1CCCCC1)N1C=CSCC1=O. The van der Waals surface area contributed by atoms with Gasteiger partial charge in [0.25, 0.3) is 0 Å². The number of carbonyl (C=O) groups excluding carboxylic acids is 2. The molecule has 0 spiro atoms. The van der Waals surface area contributed by atoms with Crippen molar-refractivity contribution < 1.29 is 14.3 Å². The molecule has 2 rings (SSSR count). The first-order valence-corrected chi connectivity index (χ1v) is 8.07. The molecule has 1 atom stereocenters. The van der Waals surface area contributed by atoms with Crippen molar-refractivity contribution in [1.82, 2.24) is 4.90 Å². The standard InChI is InChI=1S/C14H21NO3S/c1-2-12(15-8-9-19-10-13(15)16)14(17)18-11-6-4-3-5-7-11/h8-9,11-12H,2-7,10H2,1H3. The molecule has 1 unspecified atom stereocenters. The highest BCUT2D eigenvalue weighted by Crippen LogP contribution is 2.23. The van der Waals surface area contributed by atoms with Crippen LogP contribution < -0.4 is 0 Å². The molecule has 0 saturated heterocycles. The predicted octanol–water partition coefficient (Wildman–Crippen LogP) is 2.69. The van der Waals surface area contributed by atoms with Crippen LogP contribution in [0.5, 0.6) is 0 Å². The summed E-state index contributed by atoms with van der Waals surface area (Å²) in [6, 6.07) is -0.466. The molecule has 1 aliphatic heterocycles. The first kappa shape index (κ1) is 14.4. The molecule has 106 valence electrons. The first-order chi connectivity index (χ1) is 9.22. The van der Waals surface area contributed by atoms with Gasteiger partial charge in [-0.25, -0.2) is 4.79 Å². The van der Waals surface area contributed by atoms with E-state index in [9.17, 15) is 9.59 Å². The van der Waals surface area contributed by atoms with Crippen molar-refractivity contribution in [3.8, 4) is 0 Å². The molecule has 1 amide bonds. The second-order valence-corrected chi connectivity index (χ2v) is 5.91. The first-order valence-electron chi connectivity index (χ1n) is 7.02. The van der Waals surface area contributed by atoms with E-state index in [0.717, 1.165) is 25.7 Å². The van der Waals surface area contributed by atoms with Gasteiger partial charge in [0.15, 0.2) is 0 Å². The fraction of sp³-hybridized carbons (Fsp3) is 0.714. The van der Waals surface area contributed by atoms with Crippen molar-refractivity contribution >= 4 is 23.6 Å². The number of carbonyl (C=O) groups is 2. The highest BCUT2D eigenvalue weighted by atomic mass is 32.2. The summed E-state index contributed by atoms with van der Waals surface area (Å²) < 4.78 is 5.57. The number of thioether (sulfide) groups is 1. The van der Waals surface area contributed by atoms with Crippen LogP contribution in [0.4, 0.5) is 0 Å². The van der Waals surface area contributed by atoms with Crippen molar-refractivity contribution in [2.45, 2.75) is 57.6 Å². The van der Waals surface area contributed by atoms with Gasteiger partial charge in [-0.05, 0) is 37.5 Å². The summed E-state index contributed by atoms with van der Waals surface area (Å²) in [5.74, 6) is 0.142. The lowest BCUT2D eigenvalue weighted by Gasteiger charge is -2.30. The number of rotatable bonds is 4. The number of amides is 1. The normalized spacial score (nSPS) is 22.4. The number of hydrogen-bond donors (Lipinski definition) is 0. The third kappa shape index (κ3) is 3.75. The molecule has 0 aromatic carbocycles. The topological polar surface area (TPSA) is 46.6 Å². The molecule has 19 heavy (non-hydrogen) atoms. The van der Waals surface area contributed by atoms with Gasteiger partial charge < -0.3 is 9.64 Å². The van der Waals surface area contributed by atoms with E-state index in [-0.39, 0.29) is 18.0 Å². The van der Waals surface area contributed by atoms with Crippen molar-refractivity contribution in [3.63, 3.8) is 0 Å². The summed E-state index contributed by atoms with van der Waals surface area (Å²) >= 11 is 1.46. The van der Waals surface area contributed by atoms with Crippen LogP contribution in [0, 0.1) is 0 Å². The Morgan fingerprint density at radius 2 is 2.21 bits per heavy atom. The van der Waals surface area contributed by atoms with Gasteiger partial charge >= 0.3 is 5.97 Å². The van der Waals surface area contributed by atoms with E-state index in [1.807, 2.05) is 12.3 Å². The average molecular weight is 283 g/mol. The second-order valence-electron chi connectivity index (χ2n) is 5.02. The molecule has 1 fully saturated rings. The zero-order valence-corrected chi connectivity index (χ0v) is 12.2. The summed E-state index contributed by atoms with van der Waals surface area (Å²) in [6.07, 6.45) is 7.76. The monoisotopic (exact) mass is 283 g/mol. The van der Waals surface area contributed by atoms with Crippen molar-refractivity contribution in [3.05, 3.63) is 11.6 Å². The van der Waals surface area contributed by atoms with Crippen LogP contribution in [0.1, 0.15) is 45.4 Å². The Labute approximate surface area is 118 Å². The molecule has 0 radical (unpaired) electrons. The molecule has 5 heteroatoms. The highest BCUT2D eigenvalue weighted by molar-refractivity contribution is 8.02. The van der Waals surface area contributed by atoms with E-state index in [1.165, 1.54) is 23.1 Å². The minimum Gasteiger partial charge on any atom is -0.461 e. The highest BCUT2D eigenvalue weighted by Gasteiger charge is 2.31. The van der Waals surface area contributed by atoms with Crippen LogP contribution in [0.3, 0.4) is 0 Å². The lowest BCUT2D eigenvalue weighted by Crippen LogP contribution is -2.45. The fourth-order valence-electron chi connectivity index (χ4n) is 2.57. The lowest BCUT2D eigenvalue weighted by atomic mass is 9.98. The molecule has 1 aliphatic carbocycles. The van der Waals surface area contributed by atoms with Gasteiger partial charge in [0, 0.05) is 6.20 Å². The number of esters is 1. The molecule has 4 nitrogen and oxygen atoms in total. The Bertz CT molecular complexity index is 364. The molecule has 0 aromatic heterocycles. The Morgan fingerprint density at radius 1 is 1.47 bits per heavy atom. The van der Waals surface area contributed by atoms with E-state index in [4.69, 9.17) is 4.74 Å². The molecule has 0 bridgehead atoms. The third-order valence-corrected chi connectivity index (χ3v) is 4.37. The van der Waals surface area contributed by atoms with E-state index in [2.05, 4.69) is 0 Å². The van der Waals surface area contributed by atoms with Gasteiger partial charge in [-0.15, -0.1) is 11.8 Å². The van der Waals surface area contributed by atoms with Crippen LogP contribution >= 0.6 is 11.8 Å². The van der Waals surface area contributed by atoms with Crippen LogP contribution in [0.25, 0.3) is 0 Å². The summed E-state index contributed by atoms with van der Waals surface area (Å²) in [5.41, 5.74) is 0. The van der Waals surface area contributed by atoms with Crippen molar-refractivity contribution in [2.24, 2.45) is 0 Å². The van der Waals surface area contributed by atoms with Crippen LogP contribution in [0.15, 0.2) is 11.6 Å². The van der Waals surface area contributed by atoms with Gasteiger partial charge in [-0.3, -0.25) is 4.79 Å². The molecule has 1 saturated carbocycles. The maximum absolute atomic E-state index is 12.2. The number of nitrogens with zero attached hydrogens (tertiary/aromatic N) is 1. The molecule has 2 aliphatic rings. The van der Waals surface area contributed by atoms with Crippen LogP contribution in [-0.2, 0) is 14.3 Å². The van der Waals surface area contributed by atoms with E-state index in [1.54, 1.807) is 6.20 Å². The summed E-state index contributed by atoms with van der Waals surface area (Å²) in [7, 11) is 0. The largest absolute Gasteiger partial charge is 0.461 e. The number of hydrogen-bond acceptors (Lipinski definition) is 4. The van der Waals surface area contributed by atoms with E-state index >= 15 is 0 Å². The predicted molar refractivity (Wildman–Crippen MR) is 75.5 cm³/mol.